The molecule has 0 unspecified atom stereocenters. The summed E-state index contributed by atoms with van der Waals surface area (Å²) >= 11 is 0. The van der Waals surface area contributed by atoms with Gasteiger partial charge in [0.2, 0.25) is 5.91 Å². The molecule has 1 fully saturated rings. The van der Waals surface area contributed by atoms with Gasteiger partial charge in [-0.2, -0.15) is 0 Å². The lowest BCUT2D eigenvalue weighted by atomic mass is 9.79. The molecule has 1 saturated heterocycles. The van der Waals surface area contributed by atoms with Crippen LogP contribution in [0.15, 0.2) is 48.7 Å². The zero-order chi connectivity index (χ0) is 27.5. The van der Waals surface area contributed by atoms with Crippen LogP contribution < -0.4 is 10.6 Å². The van der Waals surface area contributed by atoms with E-state index >= 15 is 0 Å². The van der Waals surface area contributed by atoms with Crippen molar-refractivity contribution in [2.75, 3.05) is 11.9 Å². The molecule has 2 N–H and O–H groups in total. The minimum Gasteiger partial charge on any atom is -0.449 e. The molecule has 2 heterocycles. The molecular weight excluding hydrogens is 484 g/mol. The Balaban J connectivity index is 1.63. The Morgan fingerprint density at radius 3 is 2.53 bits per heavy atom. The number of hydrogen-bond donors (Lipinski definition) is 2. The highest BCUT2D eigenvalue weighted by atomic mass is 16.5. The van der Waals surface area contributed by atoms with Crippen LogP contribution in [-0.2, 0) is 20.7 Å². The summed E-state index contributed by atoms with van der Waals surface area (Å²) < 4.78 is 5.20. The average molecular weight is 523 g/mol. The van der Waals surface area contributed by atoms with Crippen LogP contribution in [0.25, 0.3) is 0 Å². The Morgan fingerprint density at radius 1 is 1.05 bits per heavy atom. The van der Waals surface area contributed by atoms with Crippen molar-refractivity contribution in [3.63, 3.8) is 0 Å². The maximum Gasteiger partial charge on any atom is 0.412 e. The Kier molecular flexibility index (Phi) is 10.8. The molecule has 204 valence electrons. The van der Waals surface area contributed by atoms with Gasteiger partial charge in [0.1, 0.15) is 11.9 Å². The summed E-state index contributed by atoms with van der Waals surface area (Å²) in [6.07, 6.45) is 6.11. The summed E-state index contributed by atoms with van der Waals surface area (Å²) in [5.41, 5.74) is 1.63. The highest BCUT2D eigenvalue weighted by molar-refractivity contribution is 6.09. The van der Waals surface area contributed by atoms with Gasteiger partial charge in [-0.25, -0.2) is 14.6 Å². The fourth-order valence-electron chi connectivity index (χ4n) is 4.57. The van der Waals surface area contributed by atoms with Crippen molar-refractivity contribution in [1.29, 1.82) is 0 Å². The number of rotatable bonds is 13. The van der Waals surface area contributed by atoms with Crippen molar-refractivity contribution in [1.82, 2.24) is 15.2 Å². The van der Waals surface area contributed by atoms with Gasteiger partial charge in [-0.3, -0.25) is 19.8 Å². The number of pyridine rings is 1. The van der Waals surface area contributed by atoms with Crippen molar-refractivity contribution in [2.24, 2.45) is 5.92 Å². The molecule has 0 saturated carbocycles. The van der Waals surface area contributed by atoms with E-state index in [1.54, 1.807) is 12.1 Å². The number of benzene rings is 1. The molecule has 9 heteroatoms. The molecule has 1 aromatic heterocycles. The average Bonchev–Trinajstić information content (AvgIpc) is 2.90. The van der Waals surface area contributed by atoms with Crippen molar-refractivity contribution >= 4 is 29.6 Å². The number of likely N-dealkylation sites (tertiary alicyclic amines) is 1. The van der Waals surface area contributed by atoms with Crippen LogP contribution in [0.5, 0.6) is 0 Å². The maximum absolute atomic E-state index is 13.1. The number of ketones is 1. The summed E-state index contributed by atoms with van der Waals surface area (Å²) in [5.74, 6) is -0.892. The number of anilines is 1. The van der Waals surface area contributed by atoms with Crippen LogP contribution >= 0.6 is 0 Å². The molecule has 1 aliphatic rings. The summed E-state index contributed by atoms with van der Waals surface area (Å²) in [7, 11) is 0. The highest BCUT2D eigenvalue weighted by Gasteiger charge is 2.53. The predicted molar refractivity (Wildman–Crippen MR) is 144 cm³/mol. The van der Waals surface area contributed by atoms with E-state index in [-0.39, 0.29) is 24.7 Å². The van der Waals surface area contributed by atoms with E-state index < -0.39 is 30.0 Å². The number of Topliss-reactive ketones (excluding diaryl/α,β-unsaturated/α-hetero) is 1. The predicted octanol–water partition coefficient (Wildman–Crippen LogP) is 5.42. The number of hydrogen-bond acceptors (Lipinski definition) is 6. The fourth-order valence-corrected chi connectivity index (χ4v) is 4.57. The Hall–Kier alpha value is -3.75. The number of nitrogens with zero attached hydrogens (tertiary/aromatic N) is 2. The van der Waals surface area contributed by atoms with Crippen molar-refractivity contribution in [3.8, 4) is 0 Å². The zero-order valence-corrected chi connectivity index (χ0v) is 22.4. The molecule has 3 atom stereocenters. The first-order valence-corrected chi connectivity index (χ1v) is 13.5. The van der Waals surface area contributed by atoms with Crippen LogP contribution in [0.3, 0.4) is 0 Å². The second-order valence-electron chi connectivity index (χ2n) is 9.63. The molecule has 0 bridgehead atoms. The van der Waals surface area contributed by atoms with Crippen LogP contribution in [0.2, 0.25) is 0 Å². The smallest absolute Gasteiger partial charge is 0.412 e. The lowest BCUT2D eigenvalue weighted by molar-refractivity contribution is -0.156. The van der Waals surface area contributed by atoms with E-state index in [9.17, 15) is 19.2 Å². The highest BCUT2D eigenvalue weighted by Crippen LogP contribution is 2.32. The number of unbranched alkanes of at least 4 members (excludes halogenated alkanes) is 3. The molecule has 0 aliphatic carbocycles. The molecule has 38 heavy (non-hydrogen) atoms. The van der Waals surface area contributed by atoms with Crippen molar-refractivity contribution in [3.05, 3.63) is 59.8 Å². The Labute approximate surface area is 224 Å². The lowest BCUT2D eigenvalue weighted by Crippen LogP contribution is -2.68. The summed E-state index contributed by atoms with van der Waals surface area (Å²) in [6.45, 7) is 6.17. The lowest BCUT2D eigenvalue weighted by Gasteiger charge is -2.45. The molecule has 1 aromatic carbocycles. The van der Waals surface area contributed by atoms with Crippen LogP contribution in [0.4, 0.5) is 15.4 Å². The molecule has 9 nitrogen and oxygen atoms in total. The minimum absolute atomic E-state index is 0.140. The van der Waals surface area contributed by atoms with Gasteiger partial charge in [-0.05, 0) is 49.4 Å². The van der Waals surface area contributed by atoms with E-state index in [1.807, 2.05) is 44.2 Å². The summed E-state index contributed by atoms with van der Waals surface area (Å²) in [5, 5.41) is 5.45. The SMILES string of the molecule is CCCCCCOC(=O)Nc1cc(C[C@H]2C(=O)N(C(=O)N[C@H](C)c3ccccc3)[C@@H]2C(=O)CCC)ccn1. The third-order valence-electron chi connectivity index (χ3n) is 6.64. The second-order valence-corrected chi connectivity index (χ2v) is 9.63. The Morgan fingerprint density at radius 2 is 1.82 bits per heavy atom. The number of ether oxygens (including phenoxy) is 1. The molecule has 4 amide bonds. The number of aromatic nitrogens is 1. The zero-order valence-electron chi connectivity index (χ0n) is 22.4. The van der Waals surface area contributed by atoms with Gasteiger partial charge in [0.25, 0.3) is 0 Å². The normalized spacial score (nSPS) is 17.3. The fraction of sp³-hybridized carbons (Fsp3) is 0.483. The maximum atomic E-state index is 13.1. The number of nitrogens with one attached hydrogen (secondary N) is 2. The van der Waals surface area contributed by atoms with Crippen molar-refractivity contribution < 1.29 is 23.9 Å². The van der Waals surface area contributed by atoms with Gasteiger partial charge in [0, 0.05) is 12.6 Å². The summed E-state index contributed by atoms with van der Waals surface area (Å²) in [4.78, 5) is 56.4. The van der Waals surface area contributed by atoms with Crippen LogP contribution in [-0.4, -0.2) is 46.3 Å². The van der Waals surface area contributed by atoms with Gasteiger partial charge in [-0.15, -0.1) is 0 Å². The first kappa shape index (κ1) is 28.8. The summed E-state index contributed by atoms with van der Waals surface area (Å²) in [6, 6.07) is 11.1. The largest absolute Gasteiger partial charge is 0.449 e. The monoisotopic (exact) mass is 522 g/mol. The topological polar surface area (TPSA) is 118 Å². The molecule has 1 aliphatic heterocycles. The number of β-lactam (4-membered cyclic amide) rings is 1. The van der Waals surface area contributed by atoms with E-state index in [2.05, 4.69) is 22.5 Å². The van der Waals surface area contributed by atoms with Crippen LogP contribution in [0, 0.1) is 5.92 Å². The van der Waals surface area contributed by atoms with Crippen molar-refractivity contribution in [2.45, 2.75) is 77.8 Å². The first-order chi connectivity index (χ1) is 18.3. The third kappa shape index (κ3) is 7.63. The molecule has 0 radical (unpaired) electrons. The number of imide groups is 1. The Bertz CT molecular complexity index is 1110. The molecular formula is C29H38N4O5. The van der Waals surface area contributed by atoms with Gasteiger partial charge in [0.15, 0.2) is 5.78 Å². The minimum atomic E-state index is -0.830. The van der Waals surface area contributed by atoms with Gasteiger partial charge < -0.3 is 10.1 Å². The second kappa shape index (κ2) is 14.3. The van der Waals surface area contributed by atoms with E-state index in [0.29, 0.717) is 18.8 Å². The van der Waals surface area contributed by atoms with Gasteiger partial charge >= 0.3 is 12.1 Å². The molecule has 3 rings (SSSR count). The van der Waals surface area contributed by atoms with Gasteiger partial charge in [-0.1, -0.05) is 63.4 Å². The quantitative estimate of drug-likeness (QED) is 0.268. The number of amides is 4. The van der Waals surface area contributed by atoms with E-state index in [4.69, 9.17) is 4.74 Å². The molecule has 0 spiro atoms. The van der Waals surface area contributed by atoms with E-state index in [1.165, 1.54) is 6.20 Å². The third-order valence-corrected chi connectivity index (χ3v) is 6.64. The first-order valence-electron chi connectivity index (χ1n) is 13.5. The molecule has 2 aromatic rings. The van der Waals surface area contributed by atoms with E-state index in [0.717, 1.165) is 41.7 Å². The number of carbonyl (C=O) groups is 4. The number of urea groups is 1. The van der Waals surface area contributed by atoms with Gasteiger partial charge in [0.05, 0.1) is 18.6 Å². The number of carbonyl (C=O) groups excluding carboxylic acids is 4. The van der Waals surface area contributed by atoms with Crippen LogP contribution in [0.1, 0.15) is 76.5 Å². The standard InChI is InChI=1S/C29H38N4O5/c1-4-6-7-11-17-38-29(37)32-25-19-21(15-16-30-25)18-23-26(24(34)12-5-2)33(27(23)35)28(36)31-20(3)22-13-9-8-10-14-22/h8-10,13-16,19-20,23,26H,4-7,11-12,17-18H2,1-3H3,(H,31,36)(H,30,32,37)/t20-,23-,26+/m1/s1.